The lowest BCUT2D eigenvalue weighted by molar-refractivity contribution is -0.152. The molecule has 1 aromatic rings. The number of esters is 1. The lowest BCUT2D eigenvalue weighted by atomic mass is 9.49. The summed E-state index contributed by atoms with van der Waals surface area (Å²) in [4.78, 5) is 36.9. The maximum Gasteiger partial charge on any atom is 0.325 e. The molecule has 0 spiro atoms. The molecule has 1 aromatic carbocycles. The molecule has 0 saturated heterocycles. The first-order valence-corrected chi connectivity index (χ1v) is 12.1. The topological polar surface area (TPSA) is 84.5 Å². The molecule has 4 saturated carbocycles. The molecule has 4 aliphatic rings. The van der Waals surface area contributed by atoms with Gasteiger partial charge < -0.3 is 15.4 Å². The molecule has 0 aliphatic heterocycles. The van der Waals surface area contributed by atoms with Gasteiger partial charge in [0.15, 0.2) is 6.61 Å². The van der Waals surface area contributed by atoms with Gasteiger partial charge in [0.05, 0.1) is 0 Å². The number of carbonyl (C=O) groups is 3. The van der Waals surface area contributed by atoms with Crippen molar-refractivity contribution in [1.82, 2.24) is 10.6 Å². The Kier molecular flexibility index (Phi) is 6.87. The number of ether oxygens (including phenoxy) is 1. The van der Waals surface area contributed by atoms with E-state index in [-0.39, 0.29) is 30.4 Å². The van der Waals surface area contributed by atoms with Crippen LogP contribution < -0.4 is 10.6 Å². The van der Waals surface area contributed by atoms with E-state index in [9.17, 15) is 14.4 Å². The summed E-state index contributed by atoms with van der Waals surface area (Å²) in [7, 11) is 0. The van der Waals surface area contributed by atoms with Crippen LogP contribution in [0.3, 0.4) is 0 Å². The number of nitrogens with one attached hydrogen (secondary N) is 2. The van der Waals surface area contributed by atoms with Gasteiger partial charge in [-0.3, -0.25) is 14.4 Å². The van der Waals surface area contributed by atoms with Crippen molar-refractivity contribution in [2.75, 3.05) is 19.7 Å². The quantitative estimate of drug-likeness (QED) is 0.577. The van der Waals surface area contributed by atoms with E-state index in [1.165, 1.54) is 24.8 Å². The van der Waals surface area contributed by atoms with Crippen LogP contribution in [0.4, 0.5) is 0 Å². The minimum absolute atomic E-state index is 0.00138. The zero-order valence-corrected chi connectivity index (χ0v) is 19.3. The second kappa shape index (κ2) is 9.63. The van der Waals surface area contributed by atoms with Crippen molar-refractivity contribution < 1.29 is 19.1 Å². The summed E-state index contributed by atoms with van der Waals surface area (Å²) in [6.45, 7) is 4.31. The van der Waals surface area contributed by atoms with Crippen molar-refractivity contribution >= 4 is 17.8 Å². The summed E-state index contributed by atoms with van der Waals surface area (Å²) >= 11 is 0. The van der Waals surface area contributed by atoms with Crippen LogP contribution in [0.2, 0.25) is 0 Å². The third kappa shape index (κ3) is 5.33. The molecule has 0 unspecified atom stereocenters. The van der Waals surface area contributed by atoms with E-state index in [0.29, 0.717) is 30.2 Å². The Morgan fingerprint density at radius 2 is 1.56 bits per heavy atom. The Morgan fingerprint density at radius 1 is 0.969 bits per heavy atom. The molecule has 4 aliphatic carbocycles. The van der Waals surface area contributed by atoms with Crippen LogP contribution in [0.1, 0.15) is 69.4 Å². The number of hydrogen-bond donors (Lipinski definition) is 2. The third-order valence-corrected chi connectivity index (χ3v) is 7.66. The first-order valence-electron chi connectivity index (χ1n) is 12.1. The Hall–Kier alpha value is -2.37. The molecule has 6 heteroatoms. The fraction of sp³-hybridized carbons (Fsp3) is 0.654. The first-order chi connectivity index (χ1) is 15.3. The Morgan fingerprint density at radius 3 is 2.12 bits per heavy atom. The molecule has 174 valence electrons. The van der Waals surface area contributed by atoms with Gasteiger partial charge in [-0.25, -0.2) is 0 Å². The molecule has 2 N–H and O–H groups in total. The Bertz CT molecular complexity index is 811. The average Bonchev–Trinajstić information content (AvgIpc) is 2.75. The van der Waals surface area contributed by atoms with Crippen molar-refractivity contribution in [3.05, 3.63) is 35.4 Å². The van der Waals surface area contributed by atoms with Crippen molar-refractivity contribution in [2.24, 2.45) is 23.2 Å². The van der Waals surface area contributed by atoms with E-state index in [4.69, 9.17) is 4.74 Å². The van der Waals surface area contributed by atoms with E-state index in [0.717, 1.165) is 31.2 Å². The molecule has 0 radical (unpaired) electrons. The van der Waals surface area contributed by atoms with Crippen LogP contribution in [0.5, 0.6) is 0 Å². The zero-order chi connectivity index (χ0) is 22.7. The molecular weight excluding hydrogens is 404 g/mol. The highest BCUT2D eigenvalue weighted by Gasteiger charge is 2.54. The van der Waals surface area contributed by atoms with E-state index >= 15 is 0 Å². The molecule has 2 amide bonds. The van der Waals surface area contributed by atoms with E-state index < -0.39 is 5.97 Å². The SMILES string of the molecule is CC(C)c1ccc(CCNC(=O)COC(=O)CNC(=O)C23CC4CC(CC(C4)C2)C3)cc1. The molecule has 32 heavy (non-hydrogen) atoms. The monoisotopic (exact) mass is 440 g/mol. The maximum absolute atomic E-state index is 12.9. The number of rotatable bonds is 9. The summed E-state index contributed by atoms with van der Waals surface area (Å²) < 4.78 is 5.05. The van der Waals surface area contributed by atoms with Crippen LogP contribution >= 0.6 is 0 Å². The van der Waals surface area contributed by atoms with Gasteiger partial charge in [0.2, 0.25) is 5.91 Å². The van der Waals surface area contributed by atoms with Crippen molar-refractivity contribution in [3.63, 3.8) is 0 Å². The summed E-state index contributed by atoms with van der Waals surface area (Å²) in [6, 6.07) is 8.38. The van der Waals surface area contributed by atoms with Crippen LogP contribution in [0.25, 0.3) is 0 Å². The highest BCUT2D eigenvalue weighted by Crippen LogP contribution is 2.60. The number of amides is 2. The third-order valence-electron chi connectivity index (χ3n) is 7.66. The second-order valence-electron chi connectivity index (χ2n) is 10.5. The van der Waals surface area contributed by atoms with Gasteiger partial charge >= 0.3 is 5.97 Å². The summed E-state index contributed by atoms with van der Waals surface area (Å²) in [5, 5.41) is 5.57. The van der Waals surface area contributed by atoms with E-state index in [1.807, 2.05) is 0 Å². The van der Waals surface area contributed by atoms with Gasteiger partial charge in [0.25, 0.3) is 5.91 Å². The standard InChI is InChI=1S/C26H36N2O4/c1-17(2)22-5-3-18(4-6-22)7-8-27-23(29)16-32-24(30)15-28-25(31)26-12-19-9-20(13-26)11-21(10-19)14-26/h3-6,17,19-21H,7-16H2,1-2H3,(H,27,29)(H,28,31). The minimum Gasteiger partial charge on any atom is -0.454 e. The number of benzene rings is 1. The first kappa shape index (κ1) is 22.8. The fourth-order valence-electron chi connectivity index (χ4n) is 6.39. The maximum atomic E-state index is 12.9. The molecule has 0 aromatic heterocycles. The summed E-state index contributed by atoms with van der Waals surface area (Å²) in [5.41, 5.74) is 2.17. The van der Waals surface area contributed by atoms with Crippen molar-refractivity contribution in [3.8, 4) is 0 Å². The van der Waals surface area contributed by atoms with E-state index in [2.05, 4.69) is 48.7 Å². The normalized spacial score (nSPS) is 27.9. The number of hydrogen-bond acceptors (Lipinski definition) is 4. The largest absolute Gasteiger partial charge is 0.454 e. The number of carbonyl (C=O) groups excluding carboxylic acids is 3. The van der Waals surface area contributed by atoms with Crippen LogP contribution in [-0.4, -0.2) is 37.5 Å². The fourth-order valence-corrected chi connectivity index (χ4v) is 6.39. The van der Waals surface area contributed by atoms with Gasteiger partial charge in [-0.2, -0.15) is 0 Å². The van der Waals surface area contributed by atoms with Gasteiger partial charge in [-0.05, 0) is 79.7 Å². The smallest absolute Gasteiger partial charge is 0.325 e. The van der Waals surface area contributed by atoms with Gasteiger partial charge in [0, 0.05) is 12.0 Å². The van der Waals surface area contributed by atoms with E-state index in [1.54, 1.807) is 0 Å². The van der Waals surface area contributed by atoms with Crippen LogP contribution in [-0.2, 0) is 25.5 Å². The Balaban J connectivity index is 1.12. The summed E-state index contributed by atoms with van der Waals surface area (Å²) in [5.74, 6) is 1.63. The molecule has 4 bridgehead atoms. The van der Waals surface area contributed by atoms with Gasteiger partial charge in [-0.1, -0.05) is 38.1 Å². The van der Waals surface area contributed by atoms with Crippen LogP contribution in [0, 0.1) is 23.2 Å². The van der Waals surface area contributed by atoms with Gasteiger partial charge in [0.1, 0.15) is 6.54 Å². The highest BCUT2D eigenvalue weighted by atomic mass is 16.5. The predicted octanol–water partition coefficient (Wildman–Crippen LogP) is 3.34. The van der Waals surface area contributed by atoms with Crippen LogP contribution in [0.15, 0.2) is 24.3 Å². The molecule has 5 rings (SSSR count). The van der Waals surface area contributed by atoms with Gasteiger partial charge in [-0.15, -0.1) is 0 Å². The predicted molar refractivity (Wildman–Crippen MR) is 122 cm³/mol. The molecule has 6 nitrogen and oxygen atoms in total. The molecule has 4 fully saturated rings. The molecule has 0 heterocycles. The second-order valence-corrected chi connectivity index (χ2v) is 10.5. The summed E-state index contributed by atoms with van der Waals surface area (Å²) in [6.07, 6.45) is 7.42. The van der Waals surface area contributed by atoms with Crippen molar-refractivity contribution in [1.29, 1.82) is 0 Å². The minimum atomic E-state index is -0.567. The zero-order valence-electron chi connectivity index (χ0n) is 19.3. The average molecular weight is 441 g/mol. The molecule has 0 atom stereocenters. The molecular formula is C26H36N2O4. The Labute approximate surface area is 190 Å². The van der Waals surface area contributed by atoms with Crippen molar-refractivity contribution in [2.45, 2.75) is 64.7 Å². The highest BCUT2D eigenvalue weighted by molar-refractivity contribution is 5.87. The lowest BCUT2D eigenvalue weighted by Gasteiger charge is -2.55. The lowest BCUT2D eigenvalue weighted by Crippen LogP contribution is -2.54.